The van der Waals surface area contributed by atoms with Crippen LogP contribution < -0.4 is 15.5 Å². The summed E-state index contributed by atoms with van der Waals surface area (Å²) in [5.41, 5.74) is 3.52. The van der Waals surface area contributed by atoms with Crippen LogP contribution in [0, 0.1) is 0 Å². The molecule has 7 heteroatoms. The standard InChI is InChI=1S/C18H21N5O2/c1-23(2)17-6-4-14(11-21-17)18-22-15-9-13(3-5-16(15)25-18)10-19-7-8-20-12-24/h3-6,9,11-12,19H,7-8,10H2,1-2H3,(H,20,24). The molecule has 3 aromatic rings. The fraction of sp³-hybridized carbons (Fsp3) is 0.278. The number of carbonyl (C=O) groups excluding carboxylic acids is 1. The van der Waals surface area contributed by atoms with Crippen LogP contribution in [0.3, 0.4) is 0 Å². The summed E-state index contributed by atoms with van der Waals surface area (Å²) in [7, 11) is 3.90. The summed E-state index contributed by atoms with van der Waals surface area (Å²) in [6.07, 6.45) is 2.47. The van der Waals surface area contributed by atoms with Crippen molar-refractivity contribution in [3.8, 4) is 11.5 Å². The fourth-order valence-corrected chi connectivity index (χ4v) is 2.44. The minimum atomic E-state index is 0.563. The largest absolute Gasteiger partial charge is 0.436 e. The van der Waals surface area contributed by atoms with Gasteiger partial charge in [0.25, 0.3) is 0 Å². The Hall–Kier alpha value is -2.93. The first kappa shape index (κ1) is 16.9. The van der Waals surface area contributed by atoms with E-state index in [2.05, 4.69) is 20.6 Å². The molecule has 3 rings (SSSR count). The summed E-state index contributed by atoms with van der Waals surface area (Å²) < 4.78 is 5.83. The first-order chi connectivity index (χ1) is 12.2. The van der Waals surface area contributed by atoms with Crippen molar-refractivity contribution in [2.45, 2.75) is 6.54 Å². The quantitative estimate of drug-likeness (QED) is 0.481. The lowest BCUT2D eigenvalue weighted by molar-refractivity contribution is -0.109. The van der Waals surface area contributed by atoms with Crippen molar-refractivity contribution < 1.29 is 9.21 Å². The van der Waals surface area contributed by atoms with Gasteiger partial charge in [0.1, 0.15) is 11.3 Å². The summed E-state index contributed by atoms with van der Waals surface area (Å²) >= 11 is 0. The zero-order valence-corrected chi connectivity index (χ0v) is 14.3. The maximum Gasteiger partial charge on any atom is 0.228 e. The van der Waals surface area contributed by atoms with E-state index in [1.54, 1.807) is 6.20 Å². The Labute approximate surface area is 146 Å². The second-order valence-corrected chi connectivity index (χ2v) is 5.87. The highest BCUT2D eigenvalue weighted by Gasteiger charge is 2.10. The number of amides is 1. The molecule has 0 aliphatic carbocycles. The van der Waals surface area contributed by atoms with E-state index in [-0.39, 0.29) is 0 Å². The molecule has 0 unspecified atom stereocenters. The van der Waals surface area contributed by atoms with Gasteiger partial charge in [-0.1, -0.05) is 6.07 Å². The van der Waals surface area contributed by atoms with Crippen LogP contribution in [0.4, 0.5) is 5.82 Å². The van der Waals surface area contributed by atoms with Crippen molar-refractivity contribution in [1.29, 1.82) is 0 Å². The second-order valence-electron chi connectivity index (χ2n) is 5.87. The summed E-state index contributed by atoms with van der Waals surface area (Å²) in [4.78, 5) is 21.1. The molecule has 1 amide bonds. The Morgan fingerprint density at radius 2 is 2.08 bits per heavy atom. The lowest BCUT2D eigenvalue weighted by Gasteiger charge is -2.10. The predicted octanol–water partition coefficient (Wildman–Crippen LogP) is 1.79. The normalized spacial score (nSPS) is 10.8. The average molecular weight is 339 g/mol. The zero-order chi connectivity index (χ0) is 17.6. The van der Waals surface area contributed by atoms with Gasteiger partial charge >= 0.3 is 0 Å². The smallest absolute Gasteiger partial charge is 0.228 e. The first-order valence-electron chi connectivity index (χ1n) is 8.08. The van der Waals surface area contributed by atoms with E-state index in [4.69, 9.17) is 4.42 Å². The lowest BCUT2D eigenvalue weighted by atomic mass is 10.2. The number of anilines is 1. The summed E-state index contributed by atoms with van der Waals surface area (Å²) in [6.45, 7) is 2.03. The van der Waals surface area contributed by atoms with Gasteiger partial charge in [-0.25, -0.2) is 9.97 Å². The van der Waals surface area contributed by atoms with E-state index < -0.39 is 0 Å². The van der Waals surface area contributed by atoms with Crippen LogP contribution in [0.25, 0.3) is 22.6 Å². The maximum atomic E-state index is 10.2. The van der Waals surface area contributed by atoms with Gasteiger partial charge in [0.05, 0.1) is 5.56 Å². The number of hydrogen-bond acceptors (Lipinski definition) is 6. The van der Waals surface area contributed by atoms with Crippen molar-refractivity contribution in [3.05, 3.63) is 42.1 Å². The summed E-state index contributed by atoms with van der Waals surface area (Å²) in [5.74, 6) is 1.45. The molecule has 0 atom stereocenters. The third kappa shape index (κ3) is 4.13. The van der Waals surface area contributed by atoms with Gasteiger partial charge in [0.15, 0.2) is 5.58 Å². The van der Waals surface area contributed by atoms with Gasteiger partial charge in [-0.15, -0.1) is 0 Å². The van der Waals surface area contributed by atoms with Crippen molar-refractivity contribution in [1.82, 2.24) is 20.6 Å². The van der Waals surface area contributed by atoms with Crippen LogP contribution >= 0.6 is 0 Å². The van der Waals surface area contributed by atoms with E-state index in [0.29, 0.717) is 31.9 Å². The highest BCUT2D eigenvalue weighted by molar-refractivity contribution is 5.76. The van der Waals surface area contributed by atoms with Crippen LogP contribution in [-0.2, 0) is 11.3 Å². The Morgan fingerprint density at radius 3 is 2.80 bits per heavy atom. The molecule has 1 aromatic carbocycles. The summed E-state index contributed by atoms with van der Waals surface area (Å²) in [5, 5.41) is 5.88. The van der Waals surface area contributed by atoms with E-state index >= 15 is 0 Å². The number of benzene rings is 1. The molecular weight excluding hydrogens is 318 g/mol. The van der Waals surface area contributed by atoms with E-state index in [1.807, 2.05) is 49.3 Å². The highest BCUT2D eigenvalue weighted by Crippen LogP contribution is 2.25. The number of hydrogen-bond donors (Lipinski definition) is 2. The first-order valence-corrected chi connectivity index (χ1v) is 8.08. The molecule has 0 spiro atoms. The van der Waals surface area contributed by atoms with Crippen molar-refractivity contribution >= 4 is 23.3 Å². The molecule has 0 saturated heterocycles. The monoisotopic (exact) mass is 339 g/mol. The van der Waals surface area contributed by atoms with Crippen molar-refractivity contribution in [2.24, 2.45) is 0 Å². The molecule has 0 aliphatic rings. The molecule has 2 N–H and O–H groups in total. The van der Waals surface area contributed by atoms with Crippen LogP contribution in [-0.4, -0.2) is 43.6 Å². The maximum absolute atomic E-state index is 10.2. The Morgan fingerprint density at radius 1 is 1.20 bits per heavy atom. The fourth-order valence-electron chi connectivity index (χ4n) is 2.44. The molecule has 0 aliphatic heterocycles. The number of nitrogens with one attached hydrogen (secondary N) is 2. The third-order valence-electron chi connectivity index (χ3n) is 3.76. The number of rotatable bonds is 8. The second kappa shape index (κ2) is 7.76. The minimum absolute atomic E-state index is 0.563. The molecule has 0 bridgehead atoms. The van der Waals surface area contributed by atoms with Crippen LogP contribution in [0.2, 0.25) is 0 Å². The van der Waals surface area contributed by atoms with E-state index in [0.717, 1.165) is 28.0 Å². The molecule has 25 heavy (non-hydrogen) atoms. The molecule has 0 fully saturated rings. The third-order valence-corrected chi connectivity index (χ3v) is 3.76. The number of aromatic nitrogens is 2. The van der Waals surface area contributed by atoms with E-state index in [9.17, 15) is 4.79 Å². The molecule has 2 aromatic heterocycles. The molecule has 2 heterocycles. The molecule has 7 nitrogen and oxygen atoms in total. The van der Waals surface area contributed by atoms with Crippen molar-refractivity contribution in [2.75, 3.05) is 32.1 Å². The summed E-state index contributed by atoms with van der Waals surface area (Å²) in [6, 6.07) is 9.82. The number of pyridine rings is 1. The topological polar surface area (TPSA) is 83.3 Å². The van der Waals surface area contributed by atoms with Gasteiger partial charge in [-0.05, 0) is 29.8 Å². The highest BCUT2D eigenvalue weighted by atomic mass is 16.3. The molecule has 130 valence electrons. The van der Waals surface area contributed by atoms with Gasteiger partial charge in [0, 0.05) is 39.9 Å². The molecule has 0 saturated carbocycles. The van der Waals surface area contributed by atoms with E-state index in [1.165, 1.54) is 0 Å². The minimum Gasteiger partial charge on any atom is -0.436 e. The van der Waals surface area contributed by atoms with Crippen molar-refractivity contribution in [3.63, 3.8) is 0 Å². The van der Waals surface area contributed by atoms with Crippen LogP contribution in [0.5, 0.6) is 0 Å². The average Bonchev–Trinajstić information content (AvgIpc) is 3.05. The van der Waals surface area contributed by atoms with Gasteiger partial charge in [-0.2, -0.15) is 0 Å². The van der Waals surface area contributed by atoms with Crippen LogP contribution in [0.1, 0.15) is 5.56 Å². The Kier molecular flexibility index (Phi) is 5.25. The zero-order valence-electron chi connectivity index (χ0n) is 14.3. The van der Waals surface area contributed by atoms with Gasteiger partial charge in [-0.3, -0.25) is 4.79 Å². The number of nitrogens with zero attached hydrogens (tertiary/aromatic N) is 3. The lowest BCUT2D eigenvalue weighted by Crippen LogP contribution is -2.25. The number of oxazole rings is 1. The molecule has 0 radical (unpaired) electrons. The van der Waals surface area contributed by atoms with Gasteiger partial charge < -0.3 is 20.0 Å². The SMILES string of the molecule is CN(C)c1ccc(-c2nc3cc(CNCCNC=O)ccc3o2)cn1. The predicted molar refractivity (Wildman–Crippen MR) is 97.3 cm³/mol. The van der Waals surface area contributed by atoms with Crippen LogP contribution in [0.15, 0.2) is 40.9 Å². The number of fused-ring (bicyclic) bond motifs is 1. The number of carbonyl (C=O) groups is 1. The van der Waals surface area contributed by atoms with Gasteiger partial charge in [0.2, 0.25) is 12.3 Å². The Bertz CT molecular complexity index is 842. The molecular formula is C18H21N5O2. The Balaban J connectivity index is 1.72.